The monoisotopic (exact) mass is 199 g/mol. The van der Waals surface area contributed by atoms with Gasteiger partial charge in [-0.2, -0.15) is 0 Å². The molecule has 0 saturated heterocycles. The van der Waals surface area contributed by atoms with Crippen LogP contribution in [0.25, 0.3) is 0 Å². The maximum Gasteiger partial charge on any atom is 0.224 e. The van der Waals surface area contributed by atoms with Gasteiger partial charge in [0.25, 0.3) is 0 Å². The molecule has 0 aromatic heterocycles. The van der Waals surface area contributed by atoms with Crippen LogP contribution >= 0.6 is 0 Å². The van der Waals surface area contributed by atoms with E-state index in [9.17, 15) is 4.79 Å². The molecule has 3 heteroatoms. The van der Waals surface area contributed by atoms with E-state index in [0.717, 1.165) is 12.5 Å². The molecule has 14 heavy (non-hydrogen) atoms. The van der Waals surface area contributed by atoms with Crippen molar-refractivity contribution in [3.63, 3.8) is 0 Å². The molecule has 0 radical (unpaired) electrons. The number of rotatable bonds is 6. The SMILES string of the molecule is CC(C)C(=O)N(C)CCOCC1CC1. The van der Waals surface area contributed by atoms with Crippen molar-refractivity contribution in [2.24, 2.45) is 11.8 Å². The van der Waals surface area contributed by atoms with Gasteiger partial charge in [-0.05, 0) is 18.8 Å². The van der Waals surface area contributed by atoms with Gasteiger partial charge in [0.2, 0.25) is 5.91 Å². The van der Waals surface area contributed by atoms with Gasteiger partial charge in [0.15, 0.2) is 0 Å². The Morgan fingerprint density at radius 2 is 2.14 bits per heavy atom. The van der Waals surface area contributed by atoms with Crippen LogP contribution in [0.5, 0.6) is 0 Å². The molecule has 0 N–H and O–H groups in total. The third kappa shape index (κ3) is 4.09. The molecule has 1 rings (SSSR count). The molecule has 0 spiro atoms. The van der Waals surface area contributed by atoms with Gasteiger partial charge in [-0.25, -0.2) is 0 Å². The fourth-order valence-corrected chi connectivity index (χ4v) is 1.29. The lowest BCUT2D eigenvalue weighted by molar-refractivity contribution is -0.133. The number of carbonyl (C=O) groups excluding carboxylic acids is 1. The third-order valence-electron chi connectivity index (χ3n) is 2.49. The topological polar surface area (TPSA) is 29.5 Å². The van der Waals surface area contributed by atoms with Crippen LogP contribution in [0.15, 0.2) is 0 Å². The number of amides is 1. The molecular formula is C11H21NO2. The molecule has 82 valence electrons. The van der Waals surface area contributed by atoms with Crippen LogP contribution in [0.4, 0.5) is 0 Å². The minimum atomic E-state index is 0.0865. The lowest BCUT2D eigenvalue weighted by atomic mass is 10.2. The Balaban J connectivity index is 2.01. The first-order valence-electron chi connectivity index (χ1n) is 5.44. The summed E-state index contributed by atoms with van der Waals surface area (Å²) in [7, 11) is 1.84. The highest BCUT2D eigenvalue weighted by Crippen LogP contribution is 2.28. The Kier molecular flexibility index (Phi) is 4.39. The number of likely N-dealkylation sites (N-methyl/N-ethyl adjacent to an activating group) is 1. The Labute approximate surface area is 86.4 Å². The Morgan fingerprint density at radius 1 is 1.50 bits per heavy atom. The summed E-state index contributed by atoms with van der Waals surface area (Å²) in [5, 5.41) is 0. The van der Waals surface area contributed by atoms with Gasteiger partial charge in [-0.15, -0.1) is 0 Å². The quantitative estimate of drug-likeness (QED) is 0.607. The molecule has 0 bridgehead atoms. The van der Waals surface area contributed by atoms with E-state index in [0.29, 0.717) is 13.2 Å². The van der Waals surface area contributed by atoms with Crippen LogP contribution in [0, 0.1) is 11.8 Å². The van der Waals surface area contributed by atoms with E-state index in [1.54, 1.807) is 4.90 Å². The second kappa shape index (κ2) is 5.35. The summed E-state index contributed by atoms with van der Waals surface area (Å²) in [5.74, 6) is 1.09. The van der Waals surface area contributed by atoms with E-state index in [2.05, 4.69) is 0 Å². The largest absolute Gasteiger partial charge is 0.379 e. The van der Waals surface area contributed by atoms with Crippen LogP contribution in [-0.2, 0) is 9.53 Å². The fourth-order valence-electron chi connectivity index (χ4n) is 1.29. The van der Waals surface area contributed by atoms with E-state index >= 15 is 0 Å². The van der Waals surface area contributed by atoms with Crippen molar-refractivity contribution in [1.29, 1.82) is 0 Å². The lowest BCUT2D eigenvalue weighted by Gasteiger charge is -2.19. The van der Waals surface area contributed by atoms with Crippen molar-refractivity contribution in [3.05, 3.63) is 0 Å². The number of ether oxygens (including phenoxy) is 1. The van der Waals surface area contributed by atoms with Crippen molar-refractivity contribution in [1.82, 2.24) is 4.90 Å². The predicted molar refractivity (Wildman–Crippen MR) is 56.0 cm³/mol. The number of hydrogen-bond acceptors (Lipinski definition) is 2. The molecule has 0 unspecified atom stereocenters. The Morgan fingerprint density at radius 3 is 2.64 bits per heavy atom. The van der Waals surface area contributed by atoms with Gasteiger partial charge < -0.3 is 9.64 Å². The molecule has 0 heterocycles. The molecule has 3 nitrogen and oxygen atoms in total. The second-order valence-corrected chi connectivity index (χ2v) is 4.43. The molecule has 1 aliphatic rings. The molecule has 1 saturated carbocycles. The van der Waals surface area contributed by atoms with Gasteiger partial charge in [0, 0.05) is 26.1 Å². The van der Waals surface area contributed by atoms with Gasteiger partial charge in [0.1, 0.15) is 0 Å². The van der Waals surface area contributed by atoms with Crippen molar-refractivity contribution in [2.75, 3.05) is 26.8 Å². The van der Waals surface area contributed by atoms with E-state index in [1.807, 2.05) is 20.9 Å². The van der Waals surface area contributed by atoms with E-state index in [4.69, 9.17) is 4.74 Å². The summed E-state index contributed by atoms with van der Waals surface area (Å²) in [6.45, 7) is 6.10. The number of carbonyl (C=O) groups is 1. The molecule has 0 aromatic carbocycles. The number of hydrogen-bond donors (Lipinski definition) is 0. The average Bonchev–Trinajstić information content (AvgIpc) is 2.94. The average molecular weight is 199 g/mol. The molecular weight excluding hydrogens is 178 g/mol. The van der Waals surface area contributed by atoms with Crippen molar-refractivity contribution < 1.29 is 9.53 Å². The van der Waals surface area contributed by atoms with Gasteiger partial charge >= 0.3 is 0 Å². The van der Waals surface area contributed by atoms with Crippen LogP contribution in [0.1, 0.15) is 26.7 Å². The zero-order valence-corrected chi connectivity index (χ0v) is 9.45. The molecule has 1 amide bonds. The highest BCUT2D eigenvalue weighted by molar-refractivity contribution is 5.77. The van der Waals surface area contributed by atoms with Crippen molar-refractivity contribution in [2.45, 2.75) is 26.7 Å². The lowest BCUT2D eigenvalue weighted by Crippen LogP contribution is -2.33. The third-order valence-corrected chi connectivity index (χ3v) is 2.49. The van der Waals surface area contributed by atoms with Gasteiger partial charge in [0.05, 0.1) is 6.61 Å². The first kappa shape index (κ1) is 11.5. The smallest absolute Gasteiger partial charge is 0.224 e. The van der Waals surface area contributed by atoms with Gasteiger partial charge in [-0.3, -0.25) is 4.79 Å². The first-order valence-corrected chi connectivity index (χ1v) is 5.44. The molecule has 1 aliphatic carbocycles. The van der Waals surface area contributed by atoms with E-state index < -0.39 is 0 Å². The minimum absolute atomic E-state index is 0.0865. The highest BCUT2D eigenvalue weighted by Gasteiger charge is 2.21. The molecule has 0 aliphatic heterocycles. The van der Waals surface area contributed by atoms with Crippen molar-refractivity contribution in [3.8, 4) is 0 Å². The fraction of sp³-hybridized carbons (Fsp3) is 0.909. The molecule has 1 fully saturated rings. The highest BCUT2D eigenvalue weighted by atomic mass is 16.5. The summed E-state index contributed by atoms with van der Waals surface area (Å²) in [6.07, 6.45) is 2.64. The van der Waals surface area contributed by atoms with Gasteiger partial charge in [-0.1, -0.05) is 13.8 Å². The van der Waals surface area contributed by atoms with Crippen LogP contribution < -0.4 is 0 Å². The standard InChI is InChI=1S/C11H21NO2/c1-9(2)11(13)12(3)6-7-14-8-10-4-5-10/h9-10H,4-8H2,1-3H3. The minimum Gasteiger partial charge on any atom is -0.379 e. The van der Waals surface area contributed by atoms with Crippen LogP contribution in [-0.4, -0.2) is 37.6 Å². The zero-order chi connectivity index (χ0) is 10.6. The second-order valence-electron chi connectivity index (χ2n) is 4.43. The first-order chi connectivity index (χ1) is 6.61. The van der Waals surface area contributed by atoms with Crippen LogP contribution in [0.2, 0.25) is 0 Å². The number of nitrogens with zero attached hydrogens (tertiary/aromatic N) is 1. The maximum absolute atomic E-state index is 11.5. The summed E-state index contributed by atoms with van der Waals surface area (Å²) < 4.78 is 5.46. The Bertz CT molecular complexity index is 188. The molecule has 0 atom stereocenters. The summed E-state index contributed by atoms with van der Waals surface area (Å²) in [5.41, 5.74) is 0. The molecule has 0 aromatic rings. The van der Waals surface area contributed by atoms with Crippen molar-refractivity contribution >= 4 is 5.91 Å². The van der Waals surface area contributed by atoms with E-state index in [1.165, 1.54) is 12.8 Å². The zero-order valence-electron chi connectivity index (χ0n) is 9.45. The normalized spacial score (nSPS) is 16.0. The maximum atomic E-state index is 11.5. The van der Waals surface area contributed by atoms with E-state index in [-0.39, 0.29) is 11.8 Å². The summed E-state index contributed by atoms with van der Waals surface area (Å²) >= 11 is 0. The predicted octanol–water partition coefficient (Wildman–Crippen LogP) is 1.53. The Hall–Kier alpha value is -0.570. The van der Waals surface area contributed by atoms with Crippen LogP contribution in [0.3, 0.4) is 0 Å². The summed E-state index contributed by atoms with van der Waals surface area (Å²) in [4.78, 5) is 13.2. The summed E-state index contributed by atoms with van der Waals surface area (Å²) in [6, 6.07) is 0.